The summed E-state index contributed by atoms with van der Waals surface area (Å²) in [4.78, 5) is 29.9. The van der Waals surface area contributed by atoms with E-state index >= 15 is 0 Å². The van der Waals surface area contributed by atoms with Gasteiger partial charge < -0.3 is 10.5 Å². The second-order valence-electron chi connectivity index (χ2n) is 6.96. The summed E-state index contributed by atoms with van der Waals surface area (Å²) in [6, 6.07) is 14.8. The number of nitrogen functional groups attached to an aromatic ring is 1. The number of fused-ring (bicyclic) bond motifs is 1. The third kappa shape index (κ3) is 4.25. The summed E-state index contributed by atoms with van der Waals surface area (Å²) in [5.41, 5.74) is 7.25. The fourth-order valence-corrected chi connectivity index (χ4v) is 3.21. The number of ether oxygens (including phenoxy) is 1. The summed E-state index contributed by atoms with van der Waals surface area (Å²) in [6.45, 7) is 2.63. The molecule has 0 unspecified atom stereocenters. The first-order valence-corrected chi connectivity index (χ1v) is 9.93. The molecule has 158 valence electrons. The Balaban J connectivity index is 1.83. The van der Waals surface area contributed by atoms with E-state index in [4.69, 9.17) is 10.5 Å². The van der Waals surface area contributed by atoms with Gasteiger partial charge in [-0.3, -0.25) is 19.3 Å². The first kappa shape index (κ1) is 20.1. The largest absolute Gasteiger partial charge is 0.492 e. The zero-order chi connectivity index (χ0) is 21.8. The third-order valence-corrected chi connectivity index (χ3v) is 4.76. The van der Waals surface area contributed by atoms with Crippen LogP contribution in [0.2, 0.25) is 0 Å². The van der Waals surface area contributed by atoms with E-state index in [1.54, 1.807) is 12.3 Å². The maximum atomic E-state index is 13.2. The van der Waals surface area contributed by atoms with E-state index in [1.807, 2.05) is 42.5 Å². The van der Waals surface area contributed by atoms with Gasteiger partial charge >= 0.3 is 0 Å². The van der Waals surface area contributed by atoms with Gasteiger partial charge in [-0.05, 0) is 30.2 Å². The van der Waals surface area contributed by atoms with Crippen LogP contribution in [0.25, 0.3) is 16.6 Å². The molecule has 4 rings (SSSR count). The number of nitrogens with two attached hydrogens (primary N) is 1. The number of hydrogen-bond donors (Lipinski definition) is 3. The van der Waals surface area contributed by atoms with Crippen molar-refractivity contribution in [3.8, 4) is 16.9 Å². The van der Waals surface area contributed by atoms with Crippen molar-refractivity contribution in [3.63, 3.8) is 0 Å². The van der Waals surface area contributed by atoms with Crippen molar-refractivity contribution in [3.05, 3.63) is 70.6 Å². The Kier molecular flexibility index (Phi) is 5.65. The second-order valence-corrected chi connectivity index (χ2v) is 6.96. The molecule has 0 fully saturated rings. The third-order valence-electron chi connectivity index (χ3n) is 4.76. The minimum Gasteiger partial charge on any atom is -0.492 e. The molecular weight excluding hydrogens is 396 g/mol. The van der Waals surface area contributed by atoms with Crippen LogP contribution in [-0.4, -0.2) is 32.1 Å². The number of aromatic amines is 1. The molecule has 3 heterocycles. The summed E-state index contributed by atoms with van der Waals surface area (Å²) >= 11 is 0. The molecule has 4 aromatic rings. The molecule has 0 aliphatic heterocycles. The van der Waals surface area contributed by atoms with Crippen molar-refractivity contribution in [1.82, 2.24) is 19.6 Å². The van der Waals surface area contributed by atoms with Gasteiger partial charge in [-0.2, -0.15) is 4.98 Å². The van der Waals surface area contributed by atoms with E-state index in [1.165, 1.54) is 4.40 Å². The quantitative estimate of drug-likeness (QED) is 0.396. The fraction of sp³-hybridized carbons (Fsp3) is 0.182. The maximum absolute atomic E-state index is 13.2. The molecule has 0 saturated heterocycles. The van der Waals surface area contributed by atoms with Crippen LogP contribution in [0, 0.1) is 0 Å². The number of H-pyrrole nitrogens is 1. The first-order valence-electron chi connectivity index (χ1n) is 9.93. The summed E-state index contributed by atoms with van der Waals surface area (Å²) in [5, 5.41) is 8.73. The van der Waals surface area contributed by atoms with Crippen molar-refractivity contribution in [2.45, 2.75) is 19.8 Å². The monoisotopic (exact) mass is 418 g/mol. The van der Waals surface area contributed by atoms with E-state index in [0.717, 1.165) is 24.0 Å². The van der Waals surface area contributed by atoms with Crippen LogP contribution in [0.15, 0.2) is 59.5 Å². The number of nitrogens with one attached hydrogen (secondary N) is 2. The number of hydrogen-bond acceptors (Lipinski definition) is 6. The number of carbonyl (C=O) groups excluding carboxylic acids is 1. The van der Waals surface area contributed by atoms with Gasteiger partial charge in [-0.1, -0.05) is 43.7 Å². The average molecular weight is 418 g/mol. The SMILES string of the molecule is CCCCOc1ccc2c(-c3ccccc3)cc(C(=O)Nc3n[nH]c(N)n3)c(=O)n2c1. The lowest BCUT2D eigenvalue weighted by Crippen LogP contribution is -2.27. The zero-order valence-corrected chi connectivity index (χ0v) is 17.0. The topological polar surface area (TPSA) is 127 Å². The van der Waals surface area contributed by atoms with Gasteiger partial charge in [0.05, 0.1) is 18.3 Å². The highest BCUT2D eigenvalue weighted by Gasteiger charge is 2.18. The Morgan fingerprint density at radius 2 is 2.03 bits per heavy atom. The summed E-state index contributed by atoms with van der Waals surface area (Å²) in [6.07, 6.45) is 3.52. The average Bonchev–Trinajstić information content (AvgIpc) is 3.19. The number of anilines is 2. The minimum atomic E-state index is -0.632. The molecule has 0 saturated carbocycles. The molecule has 9 heteroatoms. The van der Waals surface area contributed by atoms with Gasteiger partial charge in [0.2, 0.25) is 5.95 Å². The van der Waals surface area contributed by atoms with E-state index in [9.17, 15) is 9.59 Å². The fourth-order valence-electron chi connectivity index (χ4n) is 3.21. The number of nitrogens with zero attached hydrogens (tertiary/aromatic N) is 3. The molecule has 0 aliphatic carbocycles. The number of unbranched alkanes of at least 4 members (excludes halogenated alkanes) is 1. The van der Waals surface area contributed by atoms with E-state index in [-0.39, 0.29) is 17.5 Å². The normalized spacial score (nSPS) is 10.9. The summed E-state index contributed by atoms with van der Waals surface area (Å²) < 4.78 is 7.19. The molecule has 3 aromatic heterocycles. The lowest BCUT2D eigenvalue weighted by atomic mass is 10.0. The Bertz CT molecular complexity index is 1280. The molecule has 0 spiro atoms. The molecule has 1 aromatic carbocycles. The Labute approximate surface area is 177 Å². The highest BCUT2D eigenvalue weighted by Crippen LogP contribution is 2.26. The number of amides is 1. The van der Waals surface area contributed by atoms with Gasteiger partial charge in [-0.15, -0.1) is 5.10 Å². The molecule has 4 N–H and O–H groups in total. The number of benzene rings is 1. The maximum Gasteiger partial charge on any atom is 0.268 e. The Morgan fingerprint density at radius 1 is 1.23 bits per heavy atom. The highest BCUT2D eigenvalue weighted by molar-refractivity contribution is 6.04. The van der Waals surface area contributed by atoms with Gasteiger partial charge in [-0.25, -0.2) is 5.10 Å². The number of aromatic nitrogens is 4. The number of carbonyl (C=O) groups is 1. The predicted molar refractivity (Wildman–Crippen MR) is 118 cm³/mol. The Morgan fingerprint density at radius 3 is 2.74 bits per heavy atom. The van der Waals surface area contributed by atoms with Crippen molar-refractivity contribution >= 4 is 23.3 Å². The van der Waals surface area contributed by atoms with Crippen LogP contribution >= 0.6 is 0 Å². The molecular formula is C22H22N6O3. The standard InChI is InChI=1S/C22H22N6O3/c1-2-3-11-31-15-9-10-18-16(14-7-5-4-6-8-14)12-17(20(30)28(18)13-15)19(29)24-22-25-21(23)26-27-22/h4-10,12-13H,2-3,11H2,1H3,(H4,23,24,25,26,27,29). The van der Waals surface area contributed by atoms with Crippen molar-refractivity contribution in [2.24, 2.45) is 0 Å². The van der Waals surface area contributed by atoms with Crippen molar-refractivity contribution in [2.75, 3.05) is 17.7 Å². The molecule has 9 nitrogen and oxygen atoms in total. The van der Waals surface area contributed by atoms with Crippen LogP contribution < -0.4 is 21.3 Å². The Hall–Kier alpha value is -4.14. The van der Waals surface area contributed by atoms with Crippen molar-refractivity contribution in [1.29, 1.82) is 0 Å². The van der Waals surface area contributed by atoms with Gasteiger partial charge in [0.25, 0.3) is 17.4 Å². The molecule has 0 radical (unpaired) electrons. The molecule has 0 aliphatic rings. The van der Waals surface area contributed by atoms with E-state index < -0.39 is 11.5 Å². The van der Waals surface area contributed by atoms with Gasteiger partial charge in [0, 0.05) is 5.56 Å². The van der Waals surface area contributed by atoms with Gasteiger partial charge in [0.1, 0.15) is 11.3 Å². The highest BCUT2D eigenvalue weighted by atomic mass is 16.5. The lowest BCUT2D eigenvalue weighted by Gasteiger charge is -2.13. The lowest BCUT2D eigenvalue weighted by molar-refractivity contribution is 0.102. The first-order chi connectivity index (χ1) is 15.1. The van der Waals surface area contributed by atoms with Crippen LogP contribution in [0.3, 0.4) is 0 Å². The minimum absolute atomic E-state index is 0.00934. The van der Waals surface area contributed by atoms with Crippen LogP contribution in [0.1, 0.15) is 30.1 Å². The molecule has 1 amide bonds. The number of rotatable bonds is 7. The van der Waals surface area contributed by atoms with E-state index in [2.05, 4.69) is 27.4 Å². The number of pyridine rings is 2. The second kappa shape index (κ2) is 8.70. The van der Waals surface area contributed by atoms with Gasteiger partial charge in [0.15, 0.2) is 0 Å². The molecule has 31 heavy (non-hydrogen) atoms. The zero-order valence-electron chi connectivity index (χ0n) is 17.0. The molecule has 0 bridgehead atoms. The smallest absolute Gasteiger partial charge is 0.268 e. The predicted octanol–water partition coefficient (Wildman–Crippen LogP) is 3.10. The summed E-state index contributed by atoms with van der Waals surface area (Å²) in [5.74, 6) is -0.0245. The van der Waals surface area contributed by atoms with Crippen LogP contribution in [0.4, 0.5) is 11.9 Å². The summed E-state index contributed by atoms with van der Waals surface area (Å²) in [7, 11) is 0. The van der Waals surface area contributed by atoms with E-state index in [0.29, 0.717) is 17.9 Å². The van der Waals surface area contributed by atoms with Crippen LogP contribution in [-0.2, 0) is 0 Å². The molecule has 0 atom stereocenters. The van der Waals surface area contributed by atoms with Crippen molar-refractivity contribution < 1.29 is 9.53 Å². The van der Waals surface area contributed by atoms with Crippen LogP contribution in [0.5, 0.6) is 5.75 Å².